The Hall–Kier alpha value is -1.40. The fourth-order valence-electron chi connectivity index (χ4n) is 1.78. The van der Waals surface area contributed by atoms with E-state index in [1.165, 1.54) is 18.3 Å². The third kappa shape index (κ3) is 1.64. The normalized spacial score (nSPS) is 24.0. The second kappa shape index (κ2) is 4.12. The van der Waals surface area contributed by atoms with E-state index in [0.717, 1.165) is 4.90 Å². The molecule has 4 amide bonds. The van der Waals surface area contributed by atoms with E-state index in [1.54, 1.807) is 17.5 Å². The highest BCUT2D eigenvalue weighted by Crippen LogP contribution is 2.35. The van der Waals surface area contributed by atoms with Gasteiger partial charge in [0.2, 0.25) is 5.91 Å². The lowest BCUT2D eigenvalue weighted by atomic mass is 9.98. The van der Waals surface area contributed by atoms with Gasteiger partial charge in [-0.1, -0.05) is 6.07 Å². The number of nitrogens with zero attached hydrogens (tertiary/aromatic N) is 1. The van der Waals surface area contributed by atoms with E-state index in [-0.39, 0.29) is 5.88 Å². The first-order valence-electron chi connectivity index (χ1n) is 4.80. The Morgan fingerprint density at radius 1 is 1.59 bits per heavy atom. The number of imide groups is 2. The van der Waals surface area contributed by atoms with Gasteiger partial charge in [0.05, 0.1) is 0 Å². The van der Waals surface area contributed by atoms with Crippen molar-refractivity contribution < 1.29 is 14.4 Å². The molecule has 0 radical (unpaired) electrons. The fourth-order valence-corrected chi connectivity index (χ4v) is 2.77. The van der Waals surface area contributed by atoms with Gasteiger partial charge in [0, 0.05) is 4.88 Å². The second-order valence-corrected chi connectivity index (χ2v) is 4.89. The number of hydrogen-bond donors (Lipinski definition) is 1. The lowest BCUT2D eigenvalue weighted by Crippen LogP contribution is -2.47. The Labute approximate surface area is 106 Å². The van der Waals surface area contributed by atoms with Gasteiger partial charge < -0.3 is 0 Å². The Bertz CT molecular complexity index is 488. The standard InChI is InChI=1S/C10H9ClN2O3S/c1-10(6-3-2-4-17-6)8(15)12-9(16)13(10)7(14)5-11/h2-4H,5H2,1H3,(H,12,15,16). The van der Waals surface area contributed by atoms with E-state index >= 15 is 0 Å². The summed E-state index contributed by atoms with van der Waals surface area (Å²) in [5.41, 5.74) is -1.29. The zero-order chi connectivity index (χ0) is 12.6. The van der Waals surface area contributed by atoms with Crippen LogP contribution < -0.4 is 5.32 Å². The molecule has 1 atom stereocenters. The Kier molecular flexibility index (Phi) is 2.92. The number of alkyl halides is 1. The Balaban J connectivity index is 2.52. The molecular weight excluding hydrogens is 264 g/mol. The van der Waals surface area contributed by atoms with Crippen LogP contribution in [0.3, 0.4) is 0 Å². The summed E-state index contributed by atoms with van der Waals surface area (Å²) >= 11 is 6.76. The number of urea groups is 1. The molecule has 0 aliphatic carbocycles. The van der Waals surface area contributed by atoms with Crippen molar-refractivity contribution in [2.75, 3.05) is 5.88 Å². The summed E-state index contributed by atoms with van der Waals surface area (Å²) in [6.45, 7) is 1.53. The average Bonchev–Trinajstić information content (AvgIpc) is 2.87. The van der Waals surface area contributed by atoms with Crippen molar-refractivity contribution >= 4 is 40.8 Å². The van der Waals surface area contributed by atoms with Crippen molar-refractivity contribution in [2.45, 2.75) is 12.5 Å². The smallest absolute Gasteiger partial charge is 0.275 e. The molecule has 1 aromatic rings. The lowest BCUT2D eigenvalue weighted by Gasteiger charge is -2.28. The zero-order valence-electron chi connectivity index (χ0n) is 8.90. The molecule has 2 rings (SSSR count). The third-order valence-electron chi connectivity index (χ3n) is 2.68. The molecule has 7 heteroatoms. The zero-order valence-corrected chi connectivity index (χ0v) is 10.5. The van der Waals surface area contributed by atoms with E-state index < -0.39 is 23.4 Å². The molecule has 1 saturated heterocycles. The molecule has 90 valence electrons. The molecule has 0 aromatic carbocycles. The monoisotopic (exact) mass is 272 g/mol. The van der Waals surface area contributed by atoms with Gasteiger partial charge in [0.1, 0.15) is 5.88 Å². The summed E-state index contributed by atoms with van der Waals surface area (Å²) in [7, 11) is 0. The summed E-state index contributed by atoms with van der Waals surface area (Å²) in [5.74, 6) is -1.45. The Morgan fingerprint density at radius 3 is 2.82 bits per heavy atom. The van der Waals surface area contributed by atoms with Crippen LogP contribution in [0, 0.1) is 0 Å². The van der Waals surface area contributed by atoms with Crippen LogP contribution in [0.2, 0.25) is 0 Å². The summed E-state index contributed by atoms with van der Waals surface area (Å²) in [6.07, 6.45) is 0. The van der Waals surface area contributed by atoms with Crippen LogP contribution in [-0.2, 0) is 15.1 Å². The fraction of sp³-hybridized carbons (Fsp3) is 0.300. The van der Waals surface area contributed by atoms with Crippen LogP contribution in [-0.4, -0.2) is 28.6 Å². The highest BCUT2D eigenvalue weighted by molar-refractivity contribution is 7.10. The van der Waals surface area contributed by atoms with Crippen LogP contribution in [0.25, 0.3) is 0 Å². The van der Waals surface area contributed by atoms with Gasteiger partial charge in [-0.15, -0.1) is 22.9 Å². The molecule has 5 nitrogen and oxygen atoms in total. The third-order valence-corrected chi connectivity index (χ3v) is 3.99. The molecule has 1 aliphatic rings. The van der Waals surface area contributed by atoms with Crippen LogP contribution in [0.5, 0.6) is 0 Å². The first-order chi connectivity index (χ1) is 8.01. The number of carbonyl (C=O) groups excluding carboxylic acids is 3. The molecular formula is C10H9ClN2O3S. The average molecular weight is 273 g/mol. The van der Waals surface area contributed by atoms with E-state index in [1.807, 2.05) is 0 Å². The number of thiophene rings is 1. The van der Waals surface area contributed by atoms with Gasteiger partial charge in [-0.25, -0.2) is 9.69 Å². The van der Waals surface area contributed by atoms with Gasteiger partial charge in [-0.05, 0) is 18.4 Å². The van der Waals surface area contributed by atoms with Crippen molar-refractivity contribution in [3.8, 4) is 0 Å². The van der Waals surface area contributed by atoms with Gasteiger partial charge >= 0.3 is 6.03 Å². The van der Waals surface area contributed by atoms with E-state index in [2.05, 4.69) is 5.32 Å². The number of carbonyl (C=O) groups is 3. The second-order valence-electron chi connectivity index (χ2n) is 3.67. The van der Waals surface area contributed by atoms with Crippen LogP contribution in [0.1, 0.15) is 11.8 Å². The van der Waals surface area contributed by atoms with Crippen molar-refractivity contribution in [3.05, 3.63) is 22.4 Å². The van der Waals surface area contributed by atoms with Crippen LogP contribution >= 0.6 is 22.9 Å². The number of rotatable bonds is 2. The Morgan fingerprint density at radius 2 is 2.29 bits per heavy atom. The molecule has 17 heavy (non-hydrogen) atoms. The molecule has 1 unspecified atom stereocenters. The number of nitrogens with one attached hydrogen (secondary N) is 1. The lowest BCUT2D eigenvalue weighted by molar-refractivity contribution is -0.136. The van der Waals surface area contributed by atoms with Gasteiger partial charge in [-0.2, -0.15) is 0 Å². The number of amides is 4. The molecule has 1 N–H and O–H groups in total. The molecule has 2 heterocycles. The summed E-state index contributed by atoms with van der Waals surface area (Å²) < 4.78 is 0. The number of halogens is 1. The van der Waals surface area contributed by atoms with Gasteiger partial charge in [0.25, 0.3) is 5.91 Å². The maximum Gasteiger partial charge on any atom is 0.332 e. The maximum absolute atomic E-state index is 11.9. The predicted octanol–water partition coefficient (Wildman–Crippen LogP) is 1.28. The van der Waals surface area contributed by atoms with E-state index in [4.69, 9.17) is 11.6 Å². The molecule has 1 aromatic heterocycles. The first kappa shape index (κ1) is 12.1. The summed E-state index contributed by atoms with van der Waals surface area (Å²) in [5, 5.41) is 3.91. The molecule has 1 aliphatic heterocycles. The molecule has 0 bridgehead atoms. The molecule has 0 saturated carbocycles. The molecule has 0 spiro atoms. The highest BCUT2D eigenvalue weighted by atomic mass is 35.5. The van der Waals surface area contributed by atoms with Crippen molar-refractivity contribution in [2.24, 2.45) is 0 Å². The molecule has 1 fully saturated rings. The van der Waals surface area contributed by atoms with Crippen molar-refractivity contribution in [3.63, 3.8) is 0 Å². The van der Waals surface area contributed by atoms with Gasteiger partial charge in [0.15, 0.2) is 5.54 Å². The predicted molar refractivity (Wildman–Crippen MR) is 62.8 cm³/mol. The number of hydrogen-bond acceptors (Lipinski definition) is 4. The van der Waals surface area contributed by atoms with Crippen molar-refractivity contribution in [1.82, 2.24) is 10.2 Å². The first-order valence-corrected chi connectivity index (χ1v) is 6.21. The van der Waals surface area contributed by atoms with E-state index in [9.17, 15) is 14.4 Å². The largest absolute Gasteiger partial charge is 0.332 e. The van der Waals surface area contributed by atoms with Crippen molar-refractivity contribution in [1.29, 1.82) is 0 Å². The summed E-state index contributed by atoms with van der Waals surface area (Å²) in [4.78, 5) is 36.7. The van der Waals surface area contributed by atoms with Crippen LogP contribution in [0.4, 0.5) is 4.79 Å². The minimum absolute atomic E-state index is 0.346. The highest BCUT2D eigenvalue weighted by Gasteiger charge is 2.53. The summed E-state index contributed by atoms with van der Waals surface area (Å²) in [6, 6.07) is 2.73. The minimum Gasteiger partial charge on any atom is -0.275 e. The van der Waals surface area contributed by atoms with Gasteiger partial charge in [-0.3, -0.25) is 14.9 Å². The quantitative estimate of drug-likeness (QED) is 0.651. The minimum atomic E-state index is -1.29. The van der Waals surface area contributed by atoms with E-state index in [0.29, 0.717) is 4.88 Å². The maximum atomic E-state index is 11.9. The topological polar surface area (TPSA) is 66.5 Å². The SMILES string of the molecule is CC1(c2cccs2)C(=O)NC(=O)N1C(=O)CCl. The van der Waals surface area contributed by atoms with Crippen LogP contribution in [0.15, 0.2) is 17.5 Å².